The average Bonchev–Trinajstić information content (AvgIpc) is 2.92. The third-order valence-electron chi connectivity index (χ3n) is 3.38. The Bertz CT molecular complexity index is 944. The molecule has 0 amide bonds. The van der Waals surface area contributed by atoms with Gasteiger partial charge >= 0.3 is 0 Å². The van der Waals surface area contributed by atoms with Gasteiger partial charge in [-0.2, -0.15) is 5.10 Å². The Balaban J connectivity index is 1.65. The fourth-order valence-corrected chi connectivity index (χ4v) is 2.89. The van der Waals surface area contributed by atoms with Crippen molar-refractivity contribution in [2.45, 2.75) is 6.54 Å². The second kappa shape index (κ2) is 8.22. The Morgan fingerprint density at radius 1 is 1.00 bits per heavy atom. The lowest BCUT2D eigenvalue weighted by molar-refractivity contribution is 0.624. The molecule has 1 heterocycles. The lowest BCUT2D eigenvalue weighted by atomic mass is 10.2. The van der Waals surface area contributed by atoms with Crippen molar-refractivity contribution in [2.24, 2.45) is 0 Å². The standard InChI is InChI=1S/C17H12Cl3FN4S/c18-13-6-5-12(7-14(13)19)22-17(26)23-16-15(20)9-25(24-16)8-10-1-3-11(21)4-2-10/h1-7,9H,8H2,(H2,22,23,24,26). The summed E-state index contributed by atoms with van der Waals surface area (Å²) in [5, 5.41) is 11.8. The first-order chi connectivity index (χ1) is 12.4. The summed E-state index contributed by atoms with van der Waals surface area (Å²) in [4.78, 5) is 0. The smallest absolute Gasteiger partial charge is 0.176 e. The maximum absolute atomic E-state index is 13.0. The topological polar surface area (TPSA) is 41.9 Å². The molecule has 0 radical (unpaired) electrons. The van der Waals surface area contributed by atoms with Gasteiger partial charge in [0.05, 0.1) is 16.6 Å². The third kappa shape index (κ3) is 4.86. The van der Waals surface area contributed by atoms with Gasteiger partial charge in [0.15, 0.2) is 10.9 Å². The normalized spacial score (nSPS) is 10.6. The van der Waals surface area contributed by atoms with Crippen molar-refractivity contribution < 1.29 is 4.39 Å². The van der Waals surface area contributed by atoms with Crippen LogP contribution in [-0.2, 0) is 6.54 Å². The number of nitrogens with one attached hydrogen (secondary N) is 2. The number of rotatable bonds is 4. The minimum Gasteiger partial charge on any atom is -0.332 e. The van der Waals surface area contributed by atoms with Crippen LogP contribution >= 0.6 is 47.0 Å². The predicted octanol–water partition coefficient (Wildman–Crippen LogP) is 5.84. The molecule has 9 heteroatoms. The van der Waals surface area contributed by atoms with E-state index in [1.54, 1.807) is 41.2 Å². The lowest BCUT2D eigenvalue weighted by Gasteiger charge is -2.09. The molecule has 0 aliphatic rings. The number of aromatic nitrogens is 2. The minimum absolute atomic E-state index is 0.284. The molecule has 4 nitrogen and oxygen atoms in total. The Hall–Kier alpha value is -1.86. The molecular weight excluding hydrogens is 418 g/mol. The van der Waals surface area contributed by atoms with E-state index in [1.165, 1.54) is 12.1 Å². The van der Waals surface area contributed by atoms with Gasteiger partial charge in [0, 0.05) is 11.9 Å². The van der Waals surface area contributed by atoms with E-state index >= 15 is 0 Å². The molecule has 1 aromatic heterocycles. The fourth-order valence-electron chi connectivity index (χ4n) is 2.18. The van der Waals surface area contributed by atoms with Crippen molar-refractivity contribution in [3.05, 3.63) is 75.1 Å². The number of thiocarbonyl (C=S) groups is 1. The van der Waals surface area contributed by atoms with Crippen molar-refractivity contribution in [1.82, 2.24) is 9.78 Å². The van der Waals surface area contributed by atoms with Gasteiger partial charge in [-0.15, -0.1) is 0 Å². The van der Waals surface area contributed by atoms with E-state index < -0.39 is 0 Å². The highest BCUT2D eigenvalue weighted by atomic mass is 35.5. The van der Waals surface area contributed by atoms with Gasteiger partial charge in [0.25, 0.3) is 0 Å². The summed E-state index contributed by atoms with van der Waals surface area (Å²) in [7, 11) is 0. The van der Waals surface area contributed by atoms with Gasteiger partial charge in [-0.05, 0) is 48.1 Å². The summed E-state index contributed by atoms with van der Waals surface area (Å²) < 4.78 is 14.6. The SMILES string of the molecule is Fc1ccc(Cn2cc(Cl)c(NC(=S)Nc3ccc(Cl)c(Cl)c3)n2)cc1. The molecule has 0 spiro atoms. The highest BCUT2D eigenvalue weighted by Crippen LogP contribution is 2.25. The van der Waals surface area contributed by atoms with Crippen molar-refractivity contribution in [3.63, 3.8) is 0 Å². The highest BCUT2D eigenvalue weighted by molar-refractivity contribution is 7.80. The number of nitrogens with zero attached hydrogens (tertiary/aromatic N) is 2. The van der Waals surface area contributed by atoms with Crippen LogP contribution in [0.15, 0.2) is 48.7 Å². The first-order valence-corrected chi connectivity index (χ1v) is 8.95. The molecule has 0 saturated carbocycles. The summed E-state index contributed by atoms with van der Waals surface area (Å²) in [5.74, 6) is 0.125. The first-order valence-electron chi connectivity index (χ1n) is 7.41. The van der Waals surface area contributed by atoms with E-state index in [0.29, 0.717) is 38.2 Å². The molecule has 0 unspecified atom stereocenters. The molecule has 134 valence electrons. The summed E-state index contributed by atoms with van der Waals surface area (Å²) >= 11 is 23.3. The van der Waals surface area contributed by atoms with E-state index in [2.05, 4.69) is 15.7 Å². The van der Waals surface area contributed by atoms with Crippen LogP contribution in [0.4, 0.5) is 15.9 Å². The van der Waals surface area contributed by atoms with Crippen LogP contribution in [0, 0.1) is 5.82 Å². The van der Waals surface area contributed by atoms with Crippen LogP contribution in [0.1, 0.15) is 5.56 Å². The van der Waals surface area contributed by atoms with E-state index in [-0.39, 0.29) is 5.82 Å². The molecule has 0 aliphatic heterocycles. The van der Waals surface area contributed by atoms with Crippen LogP contribution < -0.4 is 10.6 Å². The van der Waals surface area contributed by atoms with Gasteiger partial charge in [-0.1, -0.05) is 46.9 Å². The second-order valence-electron chi connectivity index (χ2n) is 5.36. The number of anilines is 2. The van der Waals surface area contributed by atoms with E-state index in [1.807, 2.05) is 0 Å². The van der Waals surface area contributed by atoms with Gasteiger partial charge < -0.3 is 10.6 Å². The molecule has 26 heavy (non-hydrogen) atoms. The molecule has 0 saturated heterocycles. The van der Waals surface area contributed by atoms with Crippen LogP contribution in [0.3, 0.4) is 0 Å². The molecule has 0 aliphatic carbocycles. The zero-order valence-corrected chi connectivity index (χ0v) is 16.2. The zero-order chi connectivity index (χ0) is 18.7. The monoisotopic (exact) mass is 428 g/mol. The van der Waals surface area contributed by atoms with Crippen LogP contribution in [0.25, 0.3) is 0 Å². The van der Waals surface area contributed by atoms with Crippen molar-refractivity contribution >= 4 is 63.6 Å². The molecule has 0 atom stereocenters. The first kappa shape index (κ1) is 18.9. The maximum atomic E-state index is 13.0. The number of hydrogen-bond acceptors (Lipinski definition) is 2. The number of halogens is 4. The van der Waals surface area contributed by atoms with Gasteiger partial charge in [0.2, 0.25) is 0 Å². The largest absolute Gasteiger partial charge is 0.332 e. The van der Waals surface area contributed by atoms with E-state index in [0.717, 1.165) is 5.56 Å². The third-order valence-corrected chi connectivity index (χ3v) is 4.60. The van der Waals surface area contributed by atoms with Crippen LogP contribution in [-0.4, -0.2) is 14.9 Å². The van der Waals surface area contributed by atoms with Gasteiger partial charge in [0.1, 0.15) is 10.8 Å². The maximum Gasteiger partial charge on any atom is 0.176 e. The fraction of sp³-hybridized carbons (Fsp3) is 0.0588. The minimum atomic E-state index is -0.284. The van der Waals surface area contributed by atoms with Crippen LogP contribution in [0.2, 0.25) is 15.1 Å². The Kier molecular flexibility index (Phi) is 5.98. The van der Waals surface area contributed by atoms with Gasteiger partial charge in [-0.3, -0.25) is 4.68 Å². The lowest BCUT2D eigenvalue weighted by Crippen LogP contribution is -2.19. The molecule has 3 rings (SSSR count). The van der Waals surface area contributed by atoms with Gasteiger partial charge in [-0.25, -0.2) is 4.39 Å². The number of benzene rings is 2. The van der Waals surface area contributed by atoms with Crippen LogP contribution in [0.5, 0.6) is 0 Å². The molecule has 0 bridgehead atoms. The predicted molar refractivity (Wildman–Crippen MR) is 109 cm³/mol. The van der Waals surface area contributed by atoms with Crippen molar-refractivity contribution in [1.29, 1.82) is 0 Å². The summed E-state index contributed by atoms with van der Waals surface area (Å²) in [6.07, 6.45) is 1.66. The summed E-state index contributed by atoms with van der Waals surface area (Å²) in [6.45, 7) is 0.453. The van der Waals surface area contributed by atoms with E-state index in [4.69, 9.17) is 47.0 Å². The Labute approximate surface area is 169 Å². The molecular formula is C17H12Cl3FN4S. The average molecular weight is 430 g/mol. The van der Waals surface area contributed by atoms with Crippen molar-refractivity contribution in [2.75, 3.05) is 10.6 Å². The molecule has 0 fully saturated rings. The molecule has 2 N–H and O–H groups in total. The number of hydrogen-bond donors (Lipinski definition) is 2. The van der Waals surface area contributed by atoms with Crippen molar-refractivity contribution in [3.8, 4) is 0 Å². The second-order valence-corrected chi connectivity index (χ2v) is 6.99. The quantitative estimate of drug-likeness (QED) is 0.511. The molecule has 3 aromatic rings. The summed E-state index contributed by atoms with van der Waals surface area (Å²) in [6, 6.07) is 11.2. The van der Waals surface area contributed by atoms with E-state index in [9.17, 15) is 4.39 Å². The molecule has 2 aromatic carbocycles. The highest BCUT2D eigenvalue weighted by Gasteiger charge is 2.10. The summed E-state index contributed by atoms with van der Waals surface area (Å²) in [5.41, 5.74) is 1.58. The Morgan fingerprint density at radius 2 is 1.73 bits per heavy atom. The zero-order valence-electron chi connectivity index (χ0n) is 13.1. The Morgan fingerprint density at radius 3 is 2.42 bits per heavy atom.